The molecule has 0 aromatic carbocycles. The minimum atomic E-state index is 0.0641. The number of hydrogen-bond acceptors (Lipinski definition) is 4. The Morgan fingerprint density at radius 1 is 1.39 bits per heavy atom. The lowest BCUT2D eigenvalue weighted by Crippen LogP contribution is -2.56. The number of amides is 1. The average molecular weight is 315 g/mol. The average Bonchev–Trinajstić information content (AvgIpc) is 3.03. The molecule has 1 fully saturated rings. The molecule has 3 heterocycles. The van der Waals surface area contributed by atoms with Gasteiger partial charge in [-0.25, -0.2) is 9.50 Å². The summed E-state index contributed by atoms with van der Waals surface area (Å²) >= 11 is 0. The fourth-order valence-electron chi connectivity index (χ4n) is 3.47. The summed E-state index contributed by atoms with van der Waals surface area (Å²) < 4.78 is 1.73. The SMILES string of the molecule is CCC1CN(C(=O)c2cnc3ccnn3c2C)CCN1C(C)C. The molecule has 6 nitrogen and oxygen atoms in total. The van der Waals surface area contributed by atoms with E-state index in [9.17, 15) is 4.79 Å². The zero-order valence-electron chi connectivity index (χ0n) is 14.4. The van der Waals surface area contributed by atoms with Crippen molar-refractivity contribution in [2.45, 2.75) is 46.2 Å². The quantitative estimate of drug-likeness (QED) is 0.869. The van der Waals surface area contributed by atoms with E-state index < -0.39 is 0 Å². The molecule has 1 amide bonds. The van der Waals surface area contributed by atoms with Crippen molar-refractivity contribution in [1.82, 2.24) is 24.4 Å². The van der Waals surface area contributed by atoms with Crippen molar-refractivity contribution in [2.75, 3.05) is 19.6 Å². The molecule has 2 aromatic heterocycles. The van der Waals surface area contributed by atoms with Gasteiger partial charge in [0.15, 0.2) is 5.65 Å². The van der Waals surface area contributed by atoms with Crippen molar-refractivity contribution < 1.29 is 4.79 Å². The Bertz CT molecular complexity index is 708. The first-order valence-corrected chi connectivity index (χ1v) is 8.37. The molecule has 0 N–H and O–H groups in total. The predicted octanol–water partition coefficient (Wildman–Crippen LogP) is 1.98. The number of rotatable bonds is 3. The number of aromatic nitrogens is 3. The summed E-state index contributed by atoms with van der Waals surface area (Å²) in [5, 5.41) is 4.25. The zero-order valence-corrected chi connectivity index (χ0v) is 14.4. The van der Waals surface area contributed by atoms with Crippen LogP contribution in [0, 0.1) is 6.92 Å². The topological polar surface area (TPSA) is 53.7 Å². The summed E-state index contributed by atoms with van der Waals surface area (Å²) in [5.41, 5.74) is 2.27. The van der Waals surface area contributed by atoms with Gasteiger partial charge in [0.25, 0.3) is 5.91 Å². The Morgan fingerprint density at radius 2 is 2.17 bits per heavy atom. The molecular formula is C17H25N5O. The molecule has 0 spiro atoms. The molecular weight excluding hydrogens is 290 g/mol. The van der Waals surface area contributed by atoms with Gasteiger partial charge in [-0.15, -0.1) is 0 Å². The molecule has 0 bridgehead atoms. The molecule has 23 heavy (non-hydrogen) atoms. The van der Waals surface area contributed by atoms with E-state index in [1.54, 1.807) is 16.9 Å². The highest BCUT2D eigenvalue weighted by Gasteiger charge is 2.31. The van der Waals surface area contributed by atoms with Gasteiger partial charge < -0.3 is 4.90 Å². The van der Waals surface area contributed by atoms with Gasteiger partial charge in [-0.2, -0.15) is 5.10 Å². The molecule has 1 aliphatic rings. The van der Waals surface area contributed by atoms with Crippen molar-refractivity contribution >= 4 is 11.6 Å². The molecule has 1 saturated heterocycles. The number of nitrogens with zero attached hydrogens (tertiary/aromatic N) is 5. The van der Waals surface area contributed by atoms with Crippen molar-refractivity contribution in [2.24, 2.45) is 0 Å². The Balaban J connectivity index is 1.83. The fraction of sp³-hybridized carbons (Fsp3) is 0.588. The van der Waals surface area contributed by atoms with Gasteiger partial charge >= 0.3 is 0 Å². The van der Waals surface area contributed by atoms with Gasteiger partial charge in [0.05, 0.1) is 17.5 Å². The summed E-state index contributed by atoms with van der Waals surface area (Å²) in [6, 6.07) is 2.78. The highest BCUT2D eigenvalue weighted by Crippen LogP contribution is 2.19. The summed E-state index contributed by atoms with van der Waals surface area (Å²) in [6.45, 7) is 11.0. The van der Waals surface area contributed by atoms with Crippen molar-refractivity contribution in [3.05, 3.63) is 29.7 Å². The molecule has 0 aliphatic carbocycles. The third-order valence-electron chi connectivity index (χ3n) is 4.84. The molecule has 3 rings (SSSR count). The fourth-order valence-corrected chi connectivity index (χ4v) is 3.47. The summed E-state index contributed by atoms with van der Waals surface area (Å²) in [7, 11) is 0. The lowest BCUT2D eigenvalue weighted by Gasteiger charge is -2.43. The Labute approximate surface area is 137 Å². The second-order valence-corrected chi connectivity index (χ2v) is 6.50. The molecule has 6 heteroatoms. The molecule has 1 unspecified atom stereocenters. The van der Waals surface area contributed by atoms with E-state index in [0.29, 0.717) is 17.6 Å². The third-order valence-corrected chi connectivity index (χ3v) is 4.84. The van der Waals surface area contributed by atoms with E-state index in [2.05, 4.69) is 35.8 Å². The predicted molar refractivity (Wildman–Crippen MR) is 89.5 cm³/mol. The lowest BCUT2D eigenvalue weighted by molar-refractivity contribution is 0.0370. The van der Waals surface area contributed by atoms with Crippen LogP contribution in [0.2, 0.25) is 0 Å². The minimum Gasteiger partial charge on any atom is -0.336 e. The second kappa shape index (κ2) is 6.28. The lowest BCUT2D eigenvalue weighted by atomic mass is 10.1. The number of carbonyl (C=O) groups excluding carboxylic acids is 1. The van der Waals surface area contributed by atoms with Crippen LogP contribution in [0.1, 0.15) is 43.2 Å². The maximum Gasteiger partial charge on any atom is 0.257 e. The number of aryl methyl sites for hydroxylation is 1. The third kappa shape index (κ3) is 2.83. The summed E-state index contributed by atoms with van der Waals surface area (Å²) in [5.74, 6) is 0.0641. The van der Waals surface area contributed by atoms with Gasteiger partial charge in [0.1, 0.15) is 0 Å². The normalized spacial score (nSPS) is 19.7. The Hall–Kier alpha value is -1.95. The minimum absolute atomic E-state index is 0.0641. The number of hydrogen-bond donors (Lipinski definition) is 0. The van der Waals surface area contributed by atoms with E-state index in [1.807, 2.05) is 17.9 Å². The Morgan fingerprint density at radius 3 is 2.87 bits per heavy atom. The number of fused-ring (bicyclic) bond motifs is 1. The van der Waals surface area contributed by atoms with Gasteiger partial charge in [0.2, 0.25) is 0 Å². The van der Waals surface area contributed by atoms with Crippen LogP contribution in [-0.2, 0) is 0 Å². The maximum absolute atomic E-state index is 13.0. The van der Waals surface area contributed by atoms with Crippen molar-refractivity contribution in [3.8, 4) is 0 Å². The van der Waals surface area contributed by atoms with E-state index in [1.165, 1.54) is 0 Å². The van der Waals surface area contributed by atoms with Crippen LogP contribution < -0.4 is 0 Å². The van der Waals surface area contributed by atoms with Crippen LogP contribution in [0.25, 0.3) is 5.65 Å². The highest BCUT2D eigenvalue weighted by molar-refractivity contribution is 5.95. The Kier molecular flexibility index (Phi) is 4.35. The van der Waals surface area contributed by atoms with Gasteiger partial charge in [0, 0.05) is 44.0 Å². The van der Waals surface area contributed by atoms with Crippen LogP contribution in [0.5, 0.6) is 0 Å². The number of carbonyl (C=O) groups is 1. The first kappa shape index (κ1) is 15.9. The van der Waals surface area contributed by atoms with E-state index >= 15 is 0 Å². The van der Waals surface area contributed by atoms with Crippen LogP contribution in [-0.4, -0.2) is 62.0 Å². The van der Waals surface area contributed by atoms with Crippen LogP contribution in [0.3, 0.4) is 0 Å². The van der Waals surface area contributed by atoms with Crippen LogP contribution in [0.4, 0.5) is 0 Å². The number of piperazine rings is 1. The summed E-state index contributed by atoms with van der Waals surface area (Å²) in [4.78, 5) is 21.7. The standard InChI is InChI=1S/C17H25N5O/c1-5-14-11-20(8-9-21(14)12(2)3)17(23)15-10-18-16-6-7-19-22(16)13(15)4/h6-7,10,12,14H,5,8-9,11H2,1-4H3. The molecule has 124 valence electrons. The van der Waals surface area contributed by atoms with Crippen LogP contribution in [0.15, 0.2) is 18.5 Å². The first-order chi connectivity index (χ1) is 11.0. The molecule has 0 saturated carbocycles. The monoisotopic (exact) mass is 315 g/mol. The molecule has 0 radical (unpaired) electrons. The smallest absolute Gasteiger partial charge is 0.257 e. The van der Waals surface area contributed by atoms with Crippen molar-refractivity contribution in [3.63, 3.8) is 0 Å². The molecule has 2 aromatic rings. The zero-order chi connectivity index (χ0) is 16.6. The van der Waals surface area contributed by atoms with Gasteiger partial charge in [-0.3, -0.25) is 9.69 Å². The summed E-state index contributed by atoms with van der Waals surface area (Å²) in [6.07, 6.45) is 4.44. The maximum atomic E-state index is 13.0. The second-order valence-electron chi connectivity index (χ2n) is 6.50. The van der Waals surface area contributed by atoms with Gasteiger partial charge in [-0.05, 0) is 27.2 Å². The molecule has 1 atom stereocenters. The van der Waals surface area contributed by atoms with E-state index in [4.69, 9.17) is 0 Å². The van der Waals surface area contributed by atoms with Gasteiger partial charge in [-0.1, -0.05) is 6.92 Å². The highest BCUT2D eigenvalue weighted by atomic mass is 16.2. The molecule has 1 aliphatic heterocycles. The van der Waals surface area contributed by atoms with E-state index in [0.717, 1.165) is 37.4 Å². The van der Waals surface area contributed by atoms with E-state index in [-0.39, 0.29) is 5.91 Å². The van der Waals surface area contributed by atoms with Crippen molar-refractivity contribution in [1.29, 1.82) is 0 Å². The largest absolute Gasteiger partial charge is 0.336 e. The first-order valence-electron chi connectivity index (χ1n) is 8.37. The van der Waals surface area contributed by atoms with Crippen LogP contribution >= 0.6 is 0 Å².